The molecule has 2 N–H and O–H groups in total. The van der Waals surface area contributed by atoms with Crippen molar-refractivity contribution < 1.29 is 8.78 Å². The molecule has 3 aromatic rings. The van der Waals surface area contributed by atoms with Gasteiger partial charge in [0.25, 0.3) is 0 Å². The molecule has 0 atom stereocenters. The first-order chi connectivity index (χ1) is 12.3. The van der Waals surface area contributed by atoms with Crippen LogP contribution in [0, 0.1) is 11.6 Å². The molecule has 0 fully saturated rings. The summed E-state index contributed by atoms with van der Waals surface area (Å²) in [5.74, 6) is -0.818. The van der Waals surface area contributed by atoms with Crippen molar-refractivity contribution in [3.05, 3.63) is 65.9 Å². The van der Waals surface area contributed by atoms with Crippen LogP contribution in [-0.2, 0) is 5.41 Å². The number of anilines is 4. The average molecular weight is 355 g/mol. The lowest BCUT2D eigenvalue weighted by molar-refractivity contribution is 0.585. The van der Waals surface area contributed by atoms with E-state index >= 15 is 0 Å². The molecular weight excluding hydrogens is 336 g/mol. The summed E-state index contributed by atoms with van der Waals surface area (Å²) >= 11 is 0. The molecule has 0 aliphatic heterocycles. The van der Waals surface area contributed by atoms with Crippen molar-refractivity contribution in [2.75, 3.05) is 10.6 Å². The predicted octanol–water partition coefficient (Wildman–Crippen LogP) is 4.93. The summed E-state index contributed by atoms with van der Waals surface area (Å²) < 4.78 is 26.8. The van der Waals surface area contributed by atoms with Gasteiger partial charge in [-0.2, -0.15) is 10.1 Å². The number of hydrogen-bond acceptors (Lipinski definition) is 5. The molecule has 1 aromatic heterocycles. The third-order valence-electron chi connectivity index (χ3n) is 3.73. The summed E-state index contributed by atoms with van der Waals surface area (Å²) in [6.07, 6.45) is 1.48. The molecule has 0 saturated heterocycles. The number of aromatic nitrogens is 3. The van der Waals surface area contributed by atoms with Crippen molar-refractivity contribution in [1.82, 2.24) is 15.2 Å². The largest absolute Gasteiger partial charge is 0.339 e. The maximum Gasteiger partial charge on any atom is 0.249 e. The van der Waals surface area contributed by atoms with Crippen LogP contribution in [0.15, 0.2) is 48.7 Å². The first kappa shape index (κ1) is 17.7. The molecule has 0 saturated carbocycles. The SMILES string of the molecule is CC(C)(C)c1ccccc1Nc1cnnc(Nc2ccc(F)cc2F)n1. The van der Waals surface area contributed by atoms with Crippen molar-refractivity contribution in [2.24, 2.45) is 0 Å². The van der Waals surface area contributed by atoms with Crippen LogP contribution >= 0.6 is 0 Å². The number of hydrogen-bond donors (Lipinski definition) is 2. The summed E-state index contributed by atoms with van der Waals surface area (Å²) in [5.41, 5.74) is 2.04. The standard InChI is InChI=1S/C19H19F2N5/c1-19(2,3)13-6-4-5-7-15(13)23-17-11-22-26-18(25-17)24-16-9-8-12(20)10-14(16)21/h4-11H,1-3H3,(H2,23,24,25,26). The lowest BCUT2D eigenvalue weighted by Crippen LogP contribution is -2.14. The molecule has 0 spiro atoms. The molecular formula is C19H19F2N5. The van der Waals surface area contributed by atoms with Crippen LogP contribution in [-0.4, -0.2) is 15.2 Å². The number of para-hydroxylation sites is 1. The topological polar surface area (TPSA) is 62.7 Å². The van der Waals surface area contributed by atoms with Crippen LogP contribution in [0.1, 0.15) is 26.3 Å². The van der Waals surface area contributed by atoms with Gasteiger partial charge < -0.3 is 10.6 Å². The third-order valence-corrected chi connectivity index (χ3v) is 3.73. The molecule has 0 aliphatic carbocycles. The van der Waals surface area contributed by atoms with Crippen LogP contribution in [0.4, 0.5) is 31.9 Å². The molecule has 0 bridgehead atoms. The van der Waals surface area contributed by atoms with Crippen molar-refractivity contribution in [1.29, 1.82) is 0 Å². The average Bonchev–Trinajstić information content (AvgIpc) is 2.57. The molecule has 26 heavy (non-hydrogen) atoms. The highest BCUT2D eigenvalue weighted by Crippen LogP contribution is 2.31. The molecule has 5 nitrogen and oxygen atoms in total. The monoisotopic (exact) mass is 355 g/mol. The maximum absolute atomic E-state index is 13.8. The molecule has 2 aromatic carbocycles. The van der Waals surface area contributed by atoms with Crippen LogP contribution < -0.4 is 10.6 Å². The zero-order valence-electron chi connectivity index (χ0n) is 14.7. The zero-order chi connectivity index (χ0) is 18.7. The second kappa shape index (κ2) is 7.03. The van der Waals surface area contributed by atoms with Gasteiger partial charge >= 0.3 is 0 Å². The van der Waals surface area contributed by atoms with Crippen molar-refractivity contribution in [3.63, 3.8) is 0 Å². The minimum atomic E-state index is -0.731. The van der Waals surface area contributed by atoms with Crippen LogP contribution in [0.3, 0.4) is 0 Å². The molecule has 0 radical (unpaired) electrons. The smallest absolute Gasteiger partial charge is 0.249 e. The van der Waals surface area contributed by atoms with E-state index in [4.69, 9.17) is 0 Å². The van der Waals surface area contributed by atoms with Crippen molar-refractivity contribution in [2.45, 2.75) is 26.2 Å². The number of nitrogens with one attached hydrogen (secondary N) is 2. The van der Waals surface area contributed by atoms with Crippen LogP contribution in [0.2, 0.25) is 0 Å². The fraction of sp³-hybridized carbons (Fsp3) is 0.211. The number of nitrogens with zero attached hydrogens (tertiary/aromatic N) is 3. The number of benzene rings is 2. The van der Waals surface area contributed by atoms with Gasteiger partial charge in [-0.25, -0.2) is 8.78 Å². The Labute approximate surface area is 150 Å². The van der Waals surface area contributed by atoms with Gasteiger partial charge in [-0.15, -0.1) is 5.10 Å². The summed E-state index contributed by atoms with van der Waals surface area (Å²) in [4.78, 5) is 4.29. The Morgan fingerprint density at radius 3 is 2.42 bits per heavy atom. The van der Waals surface area contributed by atoms with Crippen molar-refractivity contribution in [3.8, 4) is 0 Å². The van der Waals surface area contributed by atoms with Gasteiger partial charge in [0.15, 0.2) is 5.82 Å². The molecule has 3 rings (SSSR count). The Bertz CT molecular complexity index is 922. The first-order valence-corrected chi connectivity index (χ1v) is 8.11. The molecule has 0 unspecified atom stereocenters. The van der Waals surface area contributed by atoms with Gasteiger partial charge in [0.1, 0.15) is 11.6 Å². The lowest BCUT2D eigenvalue weighted by atomic mass is 9.86. The highest BCUT2D eigenvalue weighted by molar-refractivity contribution is 5.63. The van der Waals surface area contributed by atoms with Gasteiger partial charge in [-0.1, -0.05) is 39.0 Å². The fourth-order valence-electron chi connectivity index (χ4n) is 2.51. The van der Waals surface area contributed by atoms with Crippen LogP contribution in [0.25, 0.3) is 0 Å². The Morgan fingerprint density at radius 2 is 1.69 bits per heavy atom. The van der Waals surface area contributed by atoms with Crippen molar-refractivity contribution >= 4 is 23.1 Å². The lowest BCUT2D eigenvalue weighted by Gasteiger charge is -2.23. The van der Waals surface area contributed by atoms with Gasteiger partial charge in [0.2, 0.25) is 5.95 Å². The second-order valence-corrected chi connectivity index (χ2v) is 6.83. The molecule has 1 heterocycles. The molecule has 134 valence electrons. The van der Waals surface area contributed by atoms with E-state index in [0.717, 1.165) is 23.4 Å². The van der Waals surface area contributed by atoms with E-state index in [1.807, 2.05) is 24.3 Å². The molecule has 0 aliphatic rings. The highest BCUT2D eigenvalue weighted by atomic mass is 19.1. The quantitative estimate of drug-likeness (QED) is 0.694. The van der Waals surface area contributed by atoms with E-state index in [9.17, 15) is 8.78 Å². The predicted molar refractivity (Wildman–Crippen MR) is 97.9 cm³/mol. The summed E-state index contributed by atoms with van der Waals surface area (Å²) in [5, 5.41) is 13.6. The Hall–Kier alpha value is -3.09. The Morgan fingerprint density at radius 1 is 0.923 bits per heavy atom. The third kappa shape index (κ3) is 4.11. The van der Waals surface area contributed by atoms with Gasteiger partial charge in [-0.05, 0) is 29.2 Å². The first-order valence-electron chi connectivity index (χ1n) is 8.11. The normalized spacial score (nSPS) is 11.3. The number of rotatable bonds is 4. The minimum absolute atomic E-state index is 0.0532. The van der Waals surface area contributed by atoms with Gasteiger partial charge in [0, 0.05) is 11.8 Å². The van der Waals surface area contributed by atoms with E-state index in [0.29, 0.717) is 5.82 Å². The molecule has 0 amide bonds. The van der Waals surface area contributed by atoms with Gasteiger partial charge in [0.05, 0.1) is 11.9 Å². The summed E-state index contributed by atoms with van der Waals surface area (Å²) in [7, 11) is 0. The fourth-order valence-corrected chi connectivity index (χ4v) is 2.51. The Balaban J connectivity index is 1.85. The van der Waals surface area contributed by atoms with E-state index in [2.05, 4.69) is 46.6 Å². The second-order valence-electron chi connectivity index (χ2n) is 6.83. The maximum atomic E-state index is 13.8. The van der Waals surface area contributed by atoms with E-state index in [-0.39, 0.29) is 17.1 Å². The van der Waals surface area contributed by atoms with E-state index < -0.39 is 11.6 Å². The van der Waals surface area contributed by atoms with E-state index in [1.54, 1.807) is 0 Å². The van der Waals surface area contributed by atoms with Gasteiger partial charge in [-0.3, -0.25) is 0 Å². The zero-order valence-corrected chi connectivity index (χ0v) is 14.7. The molecule has 7 heteroatoms. The highest BCUT2D eigenvalue weighted by Gasteiger charge is 2.18. The summed E-state index contributed by atoms with van der Waals surface area (Å²) in [6.45, 7) is 6.36. The number of halogens is 2. The van der Waals surface area contributed by atoms with E-state index in [1.165, 1.54) is 12.3 Å². The summed E-state index contributed by atoms with van der Waals surface area (Å²) in [6, 6.07) is 11.1. The minimum Gasteiger partial charge on any atom is -0.339 e. The Kier molecular flexibility index (Phi) is 4.79. The van der Waals surface area contributed by atoms with Crippen LogP contribution in [0.5, 0.6) is 0 Å².